The van der Waals surface area contributed by atoms with Gasteiger partial charge in [-0.05, 0) is 192 Å². The van der Waals surface area contributed by atoms with Crippen LogP contribution in [0.5, 0.6) is 0 Å². The second-order valence-electron chi connectivity index (χ2n) is 21.4. The standard InChI is InChI=1S/C69H53N/c1-2-12-50(13-3-1)57-19-10-14-52-15-11-20-58(67(52)57)51-28-34-55(35-29-51)70(54-32-26-49(27-33-54)48-24-30-53(31-25-48)68-42-45-38-46(43-68)40-47(39-45)44-68)56-36-37-62-61-18-6-9-23-65(61)69(66(62)41-56)63-21-7-4-16-59(63)60-17-5-8-22-64(60)69/h1-37,41,45-47H,38-40,42-44H2. The first-order chi connectivity index (χ1) is 34.6. The SMILES string of the molecule is c1ccc(-c2cccc3cccc(-c4ccc(N(c5ccc(-c6ccc(C78CC9CC(CC(C9)C7)C8)cc6)cc5)c5ccc6c(c5)C5(c7ccccc7-c7ccccc75)c5ccccc5-6)cc4)c23)cc1. The second-order valence-corrected chi connectivity index (χ2v) is 21.4. The molecule has 1 nitrogen and oxygen atoms in total. The molecular weight excluding hydrogens is 843 g/mol. The summed E-state index contributed by atoms with van der Waals surface area (Å²) in [5, 5.41) is 2.53. The van der Waals surface area contributed by atoms with E-state index >= 15 is 0 Å². The summed E-state index contributed by atoms with van der Waals surface area (Å²) in [5.74, 6) is 2.83. The zero-order valence-electron chi connectivity index (χ0n) is 39.4. The van der Waals surface area contributed by atoms with E-state index in [1.807, 2.05) is 0 Å². The van der Waals surface area contributed by atoms with Gasteiger partial charge in [0.1, 0.15) is 0 Å². The lowest BCUT2D eigenvalue weighted by atomic mass is 9.48. The third-order valence-electron chi connectivity index (χ3n) is 17.7. The minimum absolute atomic E-state index is 0.406. The second kappa shape index (κ2) is 15.4. The van der Waals surface area contributed by atoms with Crippen molar-refractivity contribution < 1.29 is 0 Å². The van der Waals surface area contributed by atoms with Gasteiger partial charge in [-0.2, -0.15) is 0 Å². The highest BCUT2D eigenvalue weighted by atomic mass is 15.1. The highest BCUT2D eigenvalue weighted by molar-refractivity contribution is 6.06. The Bertz CT molecular complexity index is 3570. The van der Waals surface area contributed by atoms with Crippen molar-refractivity contribution in [3.63, 3.8) is 0 Å². The maximum Gasteiger partial charge on any atom is 0.0726 e. The molecule has 4 bridgehead atoms. The van der Waals surface area contributed by atoms with Crippen LogP contribution in [0.15, 0.2) is 231 Å². The summed E-state index contributed by atoms with van der Waals surface area (Å²) in [6.07, 6.45) is 8.63. The van der Waals surface area contributed by atoms with Crippen molar-refractivity contribution >= 4 is 27.8 Å². The molecule has 70 heavy (non-hydrogen) atoms. The fraction of sp³-hybridized carbons (Fsp3) is 0.159. The van der Waals surface area contributed by atoms with Gasteiger partial charge in [-0.1, -0.05) is 194 Å². The number of fused-ring (bicyclic) bond motifs is 11. The van der Waals surface area contributed by atoms with Crippen LogP contribution in [0.3, 0.4) is 0 Å². The fourth-order valence-electron chi connectivity index (χ4n) is 15.2. The smallest absolute Gasteiger partial charge is 0.0726 e. The minimum atomic E-state index is -0.429. The molecule has 4 saturated carbocycles. The van der Waals surface area contributed by atoms with E-state index in [1.54, 1.807) is 5.56 Å². The predicted octanol–water partition coefficient (Wildman–Crippen LogP) is 18.1. The monoisotopic (exact) mass is 895 g/mol. The molecule has 10 aromatic rings. The first-order valence-corrected chi connectivity index (χ1v) is 25.7. The van der Waals surface area contributed by atoms with Crippen LogP contribution in [0, 0.1) is 17.8 Å². The lowest BCUT2D eigenvalue weighted by molar-refractivity contribution is -0.00518. The molecule has 10 aromatic carbocycles. The van der Waals surface area contributed by atoms with Crippen LogP contribution in [-0.2, 0) is 10.8 Å². The Hall–Kier alpha value is -7.74. The van der Waals surface area contributed by atoms with Crippen molar-refractivity contribution in [2.24, 2.45) is 17.8 Å². The van der Waals surface area contributed by atoms with Gasteiger partial charge < -0.3 is 4.90 Å². The third kappa shape index (κ3) is 5.91. The maximum absolute atomic E-state index is 2.51. The van der Waals surface area contributed by atoms with Crippen molar-refractivity contribution in [1.29, 1.82) is 0 Å². The molecule has 0 saturated heterocycles. The Morgan fingerprint density at radius 3 is 1.26 bits per heavy atom. The van der Waals surface area contributed by atoms with Gasteiger partial charge in [-0.3, -0.25) is 0 Å². The van der Waals surface area contributed by atoms with E-state index in [2.05, 4.69) is 235 Å². The lowest BCUT2D eigenvalue weighted by Crippen LogP contribution is -2.48. The van der Waals surface area contributed by atoms with E-state index in [9.17, 15) is 0 Å². The van der Waals surface area contributed by atoms with E-state index < -0.39 is 5.41 Å². The van der Waals surface area contributed by atoms with Crippen LogP contribution in [-0.4, -0.2) is 0 Å². The fourth-order valence-corrected chi connectivity index (χ4v) is 15.2. The molecule has 334 valence electrons. The third-order valence-corrected chi connectivity index (χ3v) is 17.7. The quantitative estimate of drug-likeness (QED) is 0.154. The van der Waals surface area contributed by atoms with E-state index in [-0.39, 0.29) is 0 Å². The molecule has 1 heteroatoms. The van der Waals surface area contributed by atoms with Gasteiger partial charge in [0.05, 0.1) is 5.41 Å². The Labute approximate surface area is 411 Å². The number of hydrogen-bond acceptors (Lipinski definition) is 1. The Morgan fingerprint density at radius 2 is 0.729 bits per heavy atom. The maximum atomic E-state index is 2.51. The molecular formula is C69H53N. The first kappa shape index (κ1) is 40.2. The summed E-state index contributed by atoms with van der Waals surface area (Å²) in [5.41, 5.74) is 23.1. The van der Waals surface area contributed by atoms with Gasteiger partial charge in [0, 0.05) is 17.1 Å². The van der Waals surface area contributed by atoms with E-state index in [0.29, 0.717) is 5.41 Å². The van der Waals surface area contributed by atoms with Gasteiger partial charge in [0.15, 0.2) is 0 Å². The lowest BCUT2D eigenvalue weighted by Gasteiger charge is -2.57. The number of rotatable bonds is 7. The molecule has 0 N–H and O–H groups in total. The summed E-state index contributed by atoms with van der Waals surface area (Å²) in [4.78, 5) is 2.48. The van der Waals surface area contributed by atoms with E-state index in [4.69, 9.17) is 0 Å². The molecule has 0 unspecified atom stereocenters. The van der Waals surface area contributed by atoms with Crippen LogP contribution >= 0.6 is 0 Å². The molecule has 1 spiro atoms. The molecule has 4 fully saturated rings. The van der Waals surface area contributed by atoms with Gasteiger partial charge in [-0.25, -0.2) is 0 Å². The first-order valence-electron chi connectivity index (χ1n) is 25.7. The van der Waals surface area contributed by atoms with Crippen LogP contribution in [0.2, 0.25) is 0 Å². The molecule has 0 radical (unpaired) electrons. The molecule has 0 atom stereocenters. The highest BCUT2D eigenvalue weighted by Gasteiger charge is 2.53. The van der Waals surface area contributed by atoms with E-state index in [1.165, 1.54) is 127 Å². The number of hydrogen-bond donors (Lipinski definition) is 0. The van der Waals surface area contributed by atoms with Gasteiger partial charge in [-0.15, -0.1) is 0 Å². The summed E-state index contributed by atoms with van der Waals surface area (Å²) < 4.78 is 0. The predicted molar refractivity (Wildman–Crippen MR) is 291 cm³/mol. The largest absolute Gasteiger partial charge is 0.310 e. The number of anilines is 3. The van der Waals surface area contributed by atoms with Gasteiger partial charge >= 0.3 is 0 Å². The molecule has 16 rings (SSSR count). The summed E-state index contributed by atoms with van der Waals surface area (Å²) in [6, 6.07) is 87.2. The Balaban J connectivity index is 0.862. The molecule has 0 aliphatic heterocycles. The highest BCUT2D eigenvalue weighted by Crippen LogP contribution is 2.64. The molecule has 6 aliphatic carbocycles. The zero-order valence-corrected chi connectivity index (χ0v) is 39.4. The van der Waals surface area contributed by atoms with Gasteiger partial charge in [0.25, 0.3) is 0 Å². The number of nitrogens with zero attached hydrogens (tertiary/aromatic N) is 1. The number of benzene rings is 10. The molecule has 0 heterocycles. The normalized spacial score (nSPS) is 20.5. The average molecular weight is 896 g/mol. The van der Waals surface area contributed by atoms with Crippen molar-refractivity contribution in [2.45, 2.75) is 49.4 Å². The zero-order chi connectivity index (χ0) is 46.0. The molecule has 0 amide bonds. The van der Waals surface area contributed by atoms with Crippen molar-refractivity contribution in [3.8, 4) is 55.6 Å². The van der Waals surface area contributed by atoms with Crippen LogP contribution in [0.25, 0.3) is 66.4 Å². The Morgan fingerprint density at radius 1 is 0.314 bits per heavy atom. The molecule has 6 aliphatic rings. The van der Waals surface area contributed by atoms with Crippen LogP contribution < -0.4 is 4.90 Å². The van der Waals surface area contributed by atoms with Crippen LogP contribution in [0.1, 0.15) is 66.3 Å². The van der Waals surface area contributed by atoms with Crippen molar-refractivity contribution in [3.05, 3.63) is 258 Å². The van der Waals surface area contributed by atoms with Gasteiger partial charge in [0.2, 0.25) is 0 Å². The average Bonchev–Trinajstić information content (AvgIpc) is 3.88. The minimum Gasteiger partial charge on any atom is -0.310 e. The Kier molecular flexibility index (Phi) is 8.83. The van der Waals surface area contributed by atoms with Crippen molar-refractivity contribution in [2.75, 3.05) is 4.90 Å². The summed E-state index contributed by atoms with van der Waals surface area (Å²) >= 11 is 0. The summed E-state index contributed by atoms with van der Waals surface area (Å²) in [6.45, 7) is 0. The van der Waals surface area contributed by atoms with Crippen molar-refractivity contribution in [1.82, 2.24) is 0 Å². The van der Waals surface area contributed by atoms with Crippen LogP contribution in [0.4, 0.5) is 17.1 Å². The molecule has 0 aromatic heterocycles. The summed E-state index contributed by atoms with van der Waals surface area (Å²) in [7, 11) is 0. The van der Waals surface area contributed by atoms with E-state index in [0.717, 1.165) is 34.8 Å². The topological polar surface area (TPSA) is 3.24 Å².